The molecule has 106 valence electrons. The number of hydrogen-bond acceptors (Lipinski definition) is 6. The second-order valence-corrected chi connectivity index (χ2v) is 4.55. The number of carbonyl (C=O) groups is 3. The fourth-order valence-corrected chi connectivity index (χ4v) is 2.10. The van der Waals surface area contributed by atoms with E-state index in [1.54, 1.807) is 37.3 Å². The van der Waals surface area contributed by atoms with Gasteiger partial charge in [0.05, 0.1) is 18.7 Å². The van der Waals surface area contributed by atoms with Crippen molar-refractivity contribution in [1.82, 2.24) is 5.06 Å². The summed E-state index contributed by atoms with van der Waals surface area (Å²) in [5.41, 5.74) is 0.350. The normalized spacial score (nSPS) is 22.6. The number of hydrogen-bond donors (Lipinski definition) is 0. The first-order chi connectivity index (χ1) is 9.54. The Morgan fingerprint density at radius 3 is 2.50 bits per heavy atom. The molecule has 1 unspecified atom stereocenters. The summed E-state index contributed by atoms with van der Waals surface area (Å²) >= 11 is 0. The molecule has 1 fully saturated rings. The summed E-state index contributed by atoms with van der Waals surface area (Å²) in [6.07, 6.45) is 0.141. The van der Waals surface area contributed by atoms with Crippen LogP contribution in [0.15, 0.2) is 30.3 Å². The van der Waals surface area contributed by atoms with Crippen molar-refractivity contribution in [2.24, 2.45) is 0 Å². The van der Waals surface area contributed by atoms with Gasteiger partial charge in [-0.15, -0.1) is 5.06 Å². The Morgan fingerprint density at radius 2 is 1.90 bits per heavy atom. The van der Waals surface area contributed by atoms with E-state index in [2.05, 4.69) is 4.74 Å². The molecule has 0 aliphatic carbocycles. The summed E-state index contributed by atoms with van der Waals surface area (Å²) < 4.78 is 4.58. The molecule has 0 aromatic heterocycles. The Kier molecular flexibility index (Phi) is 4.14. The molecule has 0 bridgehead atoms. The number of Topliss-reactive ketones (excluding diaryl/α,β-unsaturated/α-hetero) is 1. The predicted molar refractivity (Wildman–Crippen MR) is 68.6 cm³/mol. The fraction of sp³-hybridized carbons (Fsp3) is 0.357. The van der Waals surface area contributed by atoms with Crippen molar-refractivity contribution in [2.75, 3.05) is 7.11 Å². The maximum Gasteiger partial charge on any atom is 0.357 e. The van der Waals surface area contributed by atoms with Crippen molar-refractivity contribution in [3.8, 4) is 0 Å². The van der Waals surface area contributed by atoms with Crippen LogP contribution in [0.4, 0.5) is 0 Å². The molecule has 1 heterocycles. The lowest BCUT2D eigenvalue weighted by Crippen LogP contribution is -2.44. The van der Waals surface area contributed by atoms with Crippen molar-refractivity contribution < 1.29 is 24.0 Å². The van der Waals surface area contributed by atoms with Crippen molar-refractivity contribution in [3.63, 3.8) is 0 Å². The number of methoxy groups -OCH3 is 1. The summed E-state index contributed by atoms with van der Waals surface area (Å²) in [5, 5.41) is 1.11. The van der Waals surface area contributed by atoms with Crippen molar-refractivity contribution in [1.29, 1.82) is 0 Å². The van der Waals surface area contributed by atoms with Gasteiger partial charge in [-0.1, -0.05) is 18.2 Å². The van der Waals surface area contributed by atoms with Gasteiger partial charge in [0.2, 0.25) is 6.04 Å². The molecule has 1 aromatic carbocycles. The average Bonchev–Trinajstić information content (AvgIpc) is 2.73. The molecule has 0 amide bonds. The van der Waals surface area contributed by atoms with Crippen LogP contribution in [0.3, 0.4) is 0 Å². The molecular formula is C14H15NO5. The largest absolute Gasteiger partial charge is 0.467 e. The van der Waals surface area contributed by atoms with Crippen LogP contribution >= 0.6 is 0 Å². The Labute approximate surface area is 116 Å². The molecule has 1 aliphatic rings. The first-order valence-corrected chi connectivity index (χ1v) is 6.21. The lowest BCUT2D eigenvalue weighted by Gasteiger charge is -2.23. The highest BCUT2D eigenvalue weighted by atomic mass is 16.7. The quantitative estimate of drug-likeness (QED) is 0.605. The molecule has 0 saturated carbocycles. The average molecular weight is 277 g/mol. The van der Waals surface area contributed by atoms with Crippen LogP contribution in [0.1, 0.15) is 23.7 Å². The van der Waals surface area contributed by atoms with Crippen LogP contribution < -0.4 is 0 Å². The van der Waals surface area contributed by atoms with E-state index >= 15 is 0 Å². The smallest absolute Gasteiger partial charge is 0.357 e. The van der Waals surface area contributed by atoms with E-state index in [1.165, 1.54) is 7.11 Å². The summed E-state index contributed by atoms with van der Waals surface area (Å²) in [4.78, 5) is 40.6. The third-order valence-electron chi connectivity index (χ3n) is 3.11. The van der Waals surface area contributed by atoms with Gasteiger partial charge in [0.1, 0.15) is 0 Å². The lowest BCUT2D eigenvalue weighted by atomic mass is 10.2. The van der Waals surface area contributed by atoms with Crippen LogP contribution in [-0.2, 0) is 19.2 Å². The van der Waals surface area contributed by atoms with Crippen LogP contribution in [0.2, 0.25) is 0 Å². The minimum atomic E-state index is -1.18. The molecule has 1 saturated heterocycles. The Morgan fingerprint density at radius 1 is 1.25 bits per heavy atom. The van der Waals surface area contributed by atoms with Crippen molar-refractivity contribution in [3.05, 3.63) is 35.9 Å². The maximum atomic E-state index is 12.0. The van der Waals surface area contributed by atoms with Crippen LogP contribution in [0.25, 0.3) is 0 Å². The SMILES string of the molecule is COC(=O)C1C(=O)C[C@@H](C)N1OC(=O)c1ccccc1. The number of hydroxylamine groups is 2. The van der Waals surface area contributed by atoms with Gasteiger partial charge in [-0.05, 0) is 19.1 Å². The Bertz CT molecular complexity index is 520. The minimum Gasteiger partial charge on any atom is -0.467 e. The van der Waals surface area contributed by atoms with Gasteiger partial charge in [0, 0.05) is 6.42 Å². The molecule has 0 spiro atoms. The van der Waals surface area contributed by atoms with E-state index in [0.29, 0.717) is 5.56 Å². The van der Waals surface area contributed by atoms with E-state index in [9.17, 15) is 14.4 Å². The zero-order valence-corrected chi connectivity index (χ0v) is 11.2. The first kappa shape index (κ1) is 14.2. The third kappa shape index (κ3) is 2.70. The number of carbonyl (C=O) groups excluding carboxylic acids is 3. The fourth-order valence-electron chi connectivity index (χ4n) is 2.10. The van der Waals surface area contributed by atoms with Gasteiger partial charge in [0.25, 0.3) is 0 Å². The number of ketones is 1. The number of esters is 1. The van der Waals surface area contributed by atoms with E-state index in [4.69, 9.17) is 4.84 Å². The van der Waals surface area contributed by atoms with Gasteiger partial charge < -0.3 is 9.57 Å². The molecule has 2 rings (SSSR count). The standard InChI is InChI=1S/C14H15NO5/c1-9-8-11(16)12(14(18)19-2)15(9)20-13(17)10-6-4-3-5-7-10/h3-7,9,12H,8H2,1-2H3/t9-,12?/m1/s1. The highest BCUT2D eigenvalue weighted by Gasteiger charge is 2.46. The van der Waals surface area contributed by atoms with Crippen LogP contribution in [0.5, 0.6) is 0 Å². The molecule has 1 aliphatic heterocycles. The summed E-state index contributed by atoms with van der Waals surface area (Å²) in [7, 11) is 1.19. The molecule has 1 aromatic rings. The molecular weight excluding hydrogens is 262 g/mol. The molecule has 0 N–H and O–H groups in total. The van der Waals surface area contributed by atoms with Gasteiger partial charge in [0.15, 0.2) is 5.78 Å². The Hall–Kier alpha value is -2.21. The molecule has 20 heavy (non-hydrogen) atoms. The molecule has 2 atom stereocenters. The van der Waals surface area contributed by atoms with E-state index in [1.807, 2.05) is 0 Å². The molecule has 0 radical (unpaired) electrons. The third-order valence-corrected chi connectivity index (χ3v) is 3.11. The minimum absolute atomic E-state index is 0.141. The van der Waals surface area contributed by atoms with Gasteiger partial charge >= 0.3 is 11.9 Å². The number of nitrogens with zero attached hydrogens (tertiary/aromatic N) is 1. The predicted octanol–water partition coefficient (Wildman–Crippen LogP) is 0.963. The molecule has 6 nitrogen and oxygen atoms in total. The Balaban J connectivity index is 2.16. The van der Waals surface area contributed by atoms with E-state index in [-0.39, 0.29) is 18.2 Å². The summed E-state index contributed by atoms with van der Waals surface area (Å²) in [6, 6.07) is 6.83. The number of ether oxygens (including phenoxy) is 1. The van der Waals surface area contributed by atoms with Gasteiger partial charge in [-0.3, -0.25) is 4.79 Å². The van der Waals surface area contributed by atoms with Crippen LogP contribution in [0, 0.1) is 0 Å². The molecule has 6 heteroatoms. The first-order valence-electron chi connectivity index (χ1n) is 6.21. The van der Waals surface area contributed by atoms with Crippen molar-refractivity contribution in [2.45, 2.75) is 25.4 Å². The monoisotopic (exact) mass is 277 g/mol. The number of benzene rings is 1. The summed E-state index contributed by atoms with van der Waals surface area (Å²) in [5.74, 6) is -1.65. The highest BCUT2D eigenvalue weighted by Crippen LogP contribution is 2.23. The van der Waals surface area contributed by atoms with E-state index < -0.39 is 18.0 Å². The van der Waals surface area contributed by atoms with Gasteiger partial charge in [-0.25, -0.2) is 9.59 Å². The maximum absolute atomic E-state index is 12.0. The topological polar surface area (TPSA) is 72.9 Å². The van der Waals surface area contributed by atoms with Gasteiger partial charge in [-0.2, -0.15) is 0 Å². The zero-order valence-electron chi connectivity index (χ0n) is 11.2. The van der Waals surface area contributed by atoms with E-state index in [0.717, 1.165) is 5.06 Å². The number of rotatable bonds is 3. The zero-order chi connectivity index (χ0) is 14.7. The summed E-state index contributed by atoms with van der Waals surface area (Å²) in [6.45, 7) is 1.71. The second-order valence-electron chi connectivity index (χ2n) is 4.55. The highest BCUT2D eigenvalue weighted by molar-refractivity contribution is 6.05. The lowest BCUT2D eigenvalue weighted by molar-refractivity contribution is -0.174. The van der Waals surface area contributed by atoms with Crippen LogP contribution in [-0.4, -0.2) is 42.0 Å². The second kappa shape index (κ2) is 5.83. The van der Waals surface area contributed by atoms with Crippen molar-refractivity contribution >= 4 is 17.7 Å².